The Morgan fingerprint density at radius 2 is 2.29 bits per heavy atom. The molecule has 4 nitrogen and oxygen atoms in total. The number of halogens is 2. The van der Waals surface area contributed by atoms with Gasteiger partial charge in [-0.05, 0) is 37.5 Å². The lowest BCUT2D eigenvalue weighted by Crippen LogP contribution is -2.45. The Bertz CT molecular complexity index is 483. The van der Waals surface area contributed by atoms with Gasteiger partial charge in [-0.1, -0.05) is 18.5 Å². The van der Waals surface area contributed by atoms with E-state index in [1.807, 2.05) is 6.92 Å². The number of piperidine rings is 1. The van der Waals surface area contributed by atoms with Crippen molar-refractivity contribution < 1.29 is 9.53 Å². The summed E-state index contributed by atoms with van der Waals surface area (Å²) in [4.78, 5) is 14.4. The molecule has 21 heavy (non-hydrogen) atoms. The Morgan fingerprint density at radius 3 is 2.95 bits per heavy atom. The highest BCUT2D eigenvalue weighted by Gasteiger charge is 2.24. The van der Waals surface area contributed by atoms with Crippen molar-refractivity contribution in [1.82, 2.24) is 4.90 Å². The quantitative estimate of drug-likeness (QED) is 0.921. The number of nitrogens with two attached hydrogens (primary N) is 1. The number of nitrogens with zero attached hydrogens (tertiary/aromatic N) is 1. The molecule has 118 valence electrons. The van der Waals surface area contributed by atoms with Gasteiger partial charge in [-0.15, -0.1) is 12.4 Å². The third kappa shape index (κ3) is 4.77. The summed E-state index contributed by atoms with van der Waals surface area (Å²) in [5, 5.41) is 0.540. The normalized spacial score (nSPS) is 18.0. The molecular weight excluding hydrogens is 311 g/mol. The van der Waals surface area contributed by atoms with Crippen molar-refractivity contribution >= 4 is 29.9 Å². The number of hydrogen-bond acceptors (Lipinski definition) is 3. The van der Waals surface area contributed by atoms with E-state index >= 15 is 0 Å². The molecule has 1 atom stereocenters. The number of rotatable bonds is 4. The number of benzene rings is 1. The number of carbonyl (C=O) groups is 1. The SMILES string of the molecule is CCCOc1ccc(Cl)cc1C(=O)N1CCCC(N)C1.Cl. The van der Waals surface area contributed by atoms with Crippen LogP contribution in [0.5, 0.6) is 5.75 Å². The summed E-state index contributed by atoms with van der Waals surface area (Å²) in [6.07, 6.45) is 2.81. The number of ether oxygens (including phenoxy) is 1. The molecule has 0 aliphatic carbocycles. The monoisotopic (exact) mass is 332 g/mol. The molecule has 1 unspecified atom stereocenters. The van der Waals surface area contributed by atoms with Crippen LogP contribution in [-0.4, -0.2) is 36.5 Å². The van der Waals surface area contributed by atoms with Crippen LogP contribution in [0.15, 0.2) is 18.2 Å². The first-order valence-corrected chi connectivity index (χ1v) is 7.46. The van der Waals surface area contributed by atoms with Gasteiger partial charge in [0.25, 0.3) is 5.91 Å². The second-order valence-electron chi connectivity index (χ2n) is 5.14. The third-order valence-electron chi connectivity index (χ3n) is 3.38. The molecule has 1 saturated heterocycles. The predicted octanol–water partition coefficient (Wildman–Crippen LogP) is 3.11. The van der Waals surface area contributed by atoms with Crippen LogP contribution in [0.1, 0.15) is 36.5 Å². The minimum atomic E-state index is -0.0475. The molecule has 1 aliphatic heterocycles. The van der Waals surface area contributed by atoms with Gasteiger partial charge >= 0.3 is 0 Å². The minimum absolute atomic E-state index is 0. The summed E-state index contributed by atoms with van der Waals surface area (Å²) in [5.41, 5.74) is 6.47. The van der Waals surface area contributed by atoms with Gasteiger partial charge in [0.15, 0.2) is 0 Å². The maximum atomic E-state index is 12.6. The maximum absolute atomic E-state index is 12.6. The second-order valence-corrected chi connectivity index (χ2v) is 5.58. The topological polar surface area (TPSA) is 55.6 Å². The van der Waals surface area contributed by atoms with Crippen molar-refractivity contribution in [3.8, 4) is 5.75 Å². The Balaban J connectivity index is 0.00000220. The number of hydrogen-bond donors (Lipinski definition) is 1. The van der Waals surface area contributed by atoms with Gasteiger partial charge in [-0.2, -0.15) is 0 Å². The van der Waals surface area contributed by atoms with E-state index in [1.165, 1.54) is 0 Å². The molecule has 6 heteroatoms. The fraction of sp³-hybridized carbons (Fsp3) is 0.533. The Kier molecular flexibility index (Phi) is 7.29. The summed E-state index contributed by atoms with van der Waals surface area (Å²) < 4.78 is 5.64. The van der Waals surface area contributed by atoms with Crippen molar-refractivity contribution in [3.63, 3.8) is 0 Å². The number of likely N-dealkylation sites (tertiary alicyclic amines) is 1. The lowest BCUT2D eigenvalue weighted by Gasteiger charge is -2.31. The average Bonchev–Trinajstić information content (AvgIpc) is 2.45. The highest BCUT2D eigenvalue weighted by molar-refractivity contribution is 6.31. The molecule has 1 aromatic carbocycles. The molecule has 0 bridgehead atoms. The van der Waals surface area contributed by atoms with Crippen molar-refractivity contribution in [2.45, 2.75) is 32.2 Å². The number of amides is 1. The maximum Gasteiger partial charge on any atom is 0.257 e. The third-order valence-corrected chi connectivity index (χ3v) is 3.61. The highest BCUT2D eigenvalue weighted by Crippen LogP contribution is 2.25. The molecule has 0 aromatic heterocycles. The highest BCUT2D eigenvalue weighted by atomic mass is 35.5. The van der Waals surface area contributed by atoms with E-state index < -0.39 is 0 Å². The second kappa shape index (κ2) is 8.47. The summed E-state index contributed by atoms with van der Waals surface area (Å²) in [7, 11) is 0. The molecular formula is C15H22Cl2N2O2. The van der Waals surface area contributed by atoms with E-state index in [2.05, 4.69) is 0 Å². The fourth-order valence-electron chi connectivity index (χ4n) is 2.37. The molecule has 1 fully saturated rings. The molecule has 1 heterocycles. The van der Waals surface area contributed by atoms with Crippen molar-refractivity contribution in [2.24, 2.45) is 5.73 Å². The first kappa shape index (κ1) is 18.1. The van der Waals surface area contributed by atoms with Crippen molar-refractivity contribution in [1.29, 1.82) is 0 Å². The predicted molar refractivity (Wildman–Crippen MR) is 87.6 cm³/mol. The first-order valence-electron chi connectivity index (χ1n) is 7.09. The molecule has 0 radical (unpaired) electrons. The van der Waals surface area contributed by atoms with Gasteiger partial charge in [0.1, 0.15) is 5.75 Å². The fourth-order valence-corrected chi connectivity index (χ4v) is 2.54. The van der Waals surface area contributed by atoms with Crippen LogP contribution in [0.3, 0.4) is 0 Å². The molecule has 0 spiro atoms. The lowest BCUT2D eigenvalue weighted by atomic mass is 10.0. The zero-order valence-electron chi connectivity index (χ0n) is 12.2. The van der Waals surface area contributed by atoms with Crippen LogP contribution in [0.2, 0.25) is 5.02 Å². The van der Waals surface area contributed by atoms with Gasteiger partial charge in [-0.25, -0.2) is 0 Å². The van der Waals surface area contributed by atoms with Crippen LogP contribution in [0, 0.1) is 0 Å². The van der Waals surface area contributed by atoms with Crippen molar-refractivity contribution in [2.75, 3.05) is 19.7 Å². The van der Waals surface area contributed by atoms with Crippen LogP contribution in [0.25, 0.3) is 0 Å². The molecule has 2 N–H and O–H groups in total. The van der Waals surface area contributed by atoms with E-state index in [0.717, 1.165) is 25.8 Å². The van der Waals surface area contributed by atoms with Gasteiger partial charge in [0.05, 0.1) is 12.2 Å². The summed E-state index contributed by atoms with van der Waals surface area (Å²) >= 11 is 6.01. The van der Waals surface area contributed by atoms with Crippen molar-refractivity contribution in [3.05, 3.63) is 28.8 Å². The minimum Gasteiger partial charge on any atom is -0.493 e. The van der Waals surface area contributed by atoms with Gasteiger partial charge in [0.2, 0.25) is 0 Å². The zero-order valence-corrected chi connectivity index (χ0v) is 13.8. The Morgan fingerprint density at radius 1 is 1.52 bits per heavy atom. The molecule has 1 aromatic rings. The van der Waals surface area contributed by atoms with Crippen LogP contribution in [0.4, 0.5) is 0 Å². The van der Waals surface area contributed by atoms with E-state index in [9.17, 15) is 4.79 Å². The summed E-state index contributed by atoms with van der Waals surface area (Å²) in [5.74, 6) is 0.550. The van der Waals surface area contributed by atoms with Gasteiger partial charge < -0.3 is 15.4 Å². The van der Waals surface area contributed by atoms with Crippen LogP contribution in [-0.2, 0) is 0 Å². The smallest absolute Gasteiger partial charge is 0.257 e. The number of carbonyl (C=O) groups excluding carboxylic acids is 1. The Hall–Kier alpha value is -0.970. The van der Waals surface area contributed by atoms with E-state index in [0.29, 0.717) is 29.5 Å². The molecule has 0 saturated carbocycles. The van der Waals surface area contributed by atoms with E-state index in [-0.39, 0.29) is 24.4 Å². The lowest BCUT2D eigenvalue weighted by molar-refractivity contribution is 0.0704. The first-order chi connectivity index (χ1) is 9.61. The van der Waals surface area contributed by atoms with Crippen LogP contribution < -0.4 is 10.5 Å². The van der Waals surface area contributed by atoms with E-state index in [4.69, 9.17) is 22.1 Å². The average molecular weight is 333 g/mol. The molecule has 1 amide bonds. The van der Waals surface area contributed by atoms with Gasteiger partial charge in [0, 0.05) is 24.2 Å². The summed E-state index contributed by atoms with van der Waals surface area (Å²) in [6, 6.07) is 5.24. The molecule has 1 aliphatic rings. The standard InChI is InChI=1S/C15H21ClN2O2.ClH/c1-2-8-20-14-6-5-11(16)9-13(14)15(19)18-7-3-4-12(17)10-18;/h5-6,9,12H,2-4,7-8,10,17H2,1H3;1H. The van der Waals surface area contributed by atoms with Gasteiger partial charge in [-0.3, -0.25) is 4.79 Å². The summed E-state index contributed by atoms with van der Waals surface area (Å²) in [6.45, 7) is 3.95. The van der Waals surface area contributed by atoms with Crippen LogP contribution >= 0.6 is 24.0 Å². The Labute approximate surface area is 137 Å². The largest absolute Gasteiger partial charge is 0.493 e. The van der Waals surface area contributed by atoms with E-state index in [1.54, 1.807) is 23.1 Å². The molecule has 2 rings (SSSR count). The zero-order chi connectivity index (χ0) is 14.5.